The third kappa shape index (κ3) is 2.05. The molecule has 2 rings (SSSR count). The van der Waals surface area contributed by atoms with Gasteiger partial charge < -0.3 is 5.73 Å². The average Bonchev–Trinajstić information content (AvgIpc) is 2.63. The van der Waals surface area contributed by atoms with Crippen molar-refractivity contribution in [2.75, 3.05) is 0 Å². The van der Waals surface area contributed by atoms with Crippen LogP contribution in [0.5, 0.6) is 0 Å². The molecule has 2 N–H and O–H groups in total. The number of hydrogen-bond acceptors (Lipinski definition) is 2. The third-order valence-corrected chi connectivity index (χ3v) is 3.06. The first-order valence-corrected chi connectivity index (χ1v) is 5.80. The molecule has 1 heterocycles. The molecular formula is C13H12ClN3O. The lowest BCUT2D eigenvalue weighted by atomic mass is 10.0. The Kier molecular flexibility index (Phi) is 3.26. The number of nitrogens with two attached hydrogens (primary N) is 1. The van der Waals surface area contributed by atoms with E-state index in [2.05, 4.69) is 10.9 Å². The molecule has 0 saturated carbocycles. The van der Waals surface area contributed by atoms with Gasteiger partial charge in [0.1, 0.15) is 11.9 Å². The number of aliphatic imine (C=N–C) groups is 1. The summed E-state index contributed by atoms with van der Waals surface area (Å²) < 4.78 is 0. The van der Waals surface area contributed by atoms with E-state index < -0.39 is 12.1 Å². The first-order chi connectivity index (χ1) is 8.54. The van der Waals surface area contributed by atoms with E-state index in [1.807, 2.05) is 6.07 Å². The summed E-state index contributed by atoms with van der Waals surface area (Å²) in [5.74, 6) is 2.76. The summed E-state index contributed by atoms with van der Waals surface area (Å²) in [4.78, 5) is 17.0. The zero-order chi connectivity index (χ0) is 13.3. The minimum absolute atomic E-state index is 0.240. The molecule has 1 aliphatic heterocycles. The second-order valence-electron chi connectivity index (χ2n) is 4.03. The number of hydrogen-bond donors (Lipinski definition) is 1. The predicted octanol–water partition coefficient (Wildman–Crippen LogP) is 2.20. The highest BCUT2D eigenvalue weighted by Crippen LogP contribution is 2.30. The number of carbonyl (C=O) groups is 1. The van der Waals surface area contributed by atoms with Gasteiger partial charge in [-0.1, -0.05) is 29.7 Å². The van der Waals surface area contributed by atoms with Crippen molar-refractivity contribution in [3.63, 3.8) is 0 Å². The van der Waals surface area contributed by atoms with Gasteiger partial charge >= 0.3 is 6.03 Å². The standard InChI is InChI=1S/C13H12ClN3O/c1-3-8(2)17-11(12(15)16-13(17)18)9-5-4-6-10(14)7-9/h1,4-8,11H,2H3,(H2,15,16,18). The summed E-state index contributed by atoms with van der Waals surface area (Å²) in [6.45, 7) is 1.75. The van der Waals surface area contributed by atoms with Crippen molar-refractivity contribution in [2.24, 2.45) is 10.7 Å². The smallest absolute Gasteiger partial charge is 0.347 e. The van der Waals surface area contributed by atoms with Gasteiger partial charge in [-0.15, -0.1) is 6.42 Å². The minimum atomic E-state index is -0.442. The fourth-order valence-corrected chi connectivity index (χ4v) is 2.16. The van der Waals surface area contributed by atoms with Crippen molar-refractivity contribution in [1.29, 1.82) is 0 Å². The van der Waals surface area contributed by atoms with Crippen molar-refractivity contribution in [2.45, 2.75) is 19.0 Å². The summed E-state index contributed by atoms with van der Waals surface area (Å²) in [5, 5.41) is 0.577. The van der Waals surface area contributed by atoms with Crippen LogP contribution in [0, 0.1) is 12.3 Å². The van der Waals surface area contributed by atoms with E-state index in [1.165, 1.54) is 4.90 Å². The second-order valence-corrected chi connectivity index (χ2v) is 4.46. The number of benzene rings is 1. The number of nitrogens with zero attached hydrogens (tertiary/aromatic N) is 2. The third-order valence-electron chi connectivity index (χ3n) is 2.83. The van der Waals surface area contributed by atoms with E-state index in [0.717, 1.165) is 5.56 Å². The highest BCUT2D eigenvalue weighted by atomic mass is 35.5. The maximum Gasteiger partial charge on any atom is 0.347 e. The molecule has 0 fully saturated rings. The Labute approximate surface area is 110 Å². The predicted molar refractivity (Wildman–Crippen MR) is 71.3 cm³/mol. The molecular weight excluding hydrogens is 250 g/mol. The molecule has 1 aliphatic rings. The number of rotatable bonds is 2. The monoisotopic (exact) mass is 261 g/mol. The highest BCUT2D eigenvalue weighted by molar-refractivity contribution is 6.30. The fraction of sp³-hybridized carbons (Fsp3) is 0.231. The first kappa shape index (κ1) is 12.5. The van der Waals surface area contributed by atoms with Crippen LogP contribution < -0.4 is 5.73 Å². The number of amidine groups is 1. The van der Waals surface area contributed by atoms with Gasteiger partial charge in [-0.05, 0) is 24.6 Å². The van der Waals surface area contributed by atoms with Crippen LogP contribution in [0.15, 0.2) is 29.3 Å². The number of amides is 2. The molecule has 1 aromatic rings. The summed E-state index contributed by atoms with van der Waals surface area (Å²) in [5.41, 5.74) is 6.61. The zero-order valence-corrected chi connectivity index (χ0v) is 10.6. The molecule has 2 atom stereocenters. The Morgan fingerprint density at radius 2 is 2.33 bits per heavy atom. The van der Waals surface area contributed by atoms with Crippen molar-refractivity contribution in [1.82, 2.24) is 4.90 Å². The molecule has 0 bridgehead atoms. The average molecular weight is 262 g/mol. The highest BCUT2D eigenvalue weighted by Gasteiger charge is 2.37. The van der Waals surface area contributed by atoms with Crippen LogP contribution in [0.1, 0.15) is 18.5 Å². The van der Waals surface area contributed by atoms with Crippen molar-refractivity contribution in [3.8, 4) is 12.3 Å². The van der Waals surface area contributed by atoms with Crippen LogP contribution >= 0.6 is 11.6 Å². The number of urea groups is 1. The fourth-order valence-electron chi connectivity index (χ4n) is 1.96. The zero-order valence-electron chi connectivity index (χ0n) is 9.80. The lowest BCUT2D eigenvalue weighted by Crippen LogP contribution is -2.38. The van der Waals surface area contributed by atoms with Crippen LogP contribution in [0.3, 0.4) is 0 Å². The molecule has 18 heavy (non-hydrogen) atoms. The van der Waals surface area contributed by atoms with Crippen molar-refractivity contribution < 1.29 is 4.79 Å². The Hall–Kier alpha value is -1.99. The van der Waals surface area contributed by atoms with Crippen LogP contribution in [-0.4, -0.2) is 22.8 Å². The minimum Gasteiger partial charge on any atom is -0.385 e. The van der Waals surface area contributed by atoms with E-state index >= 15 is 0 Å². The molecule has 0 saturated heterocycles. The van der Waals surface area contributed by atoms with E-state index in [0.29, 0.717) is 5.02 Å². The topological polar surface area (TPSA) is 58.7 Å². The molecule has 0 aliphatic carbocycles. The normalized spacial score (nSPS) is 20.5. The quantitative estimate of drug-likeness (QED) is 0.830. The Morgan fingerprint density at radius 3 is 2.94 bits per heavy atom. The number of terminal acetylenes is 1. The van der Waals surface area contributed by atoms with Crippen LogP contribution in [0.2, 0.25) is 5.02 Å². The molecule has 2 unspecified atom stereocenters. The summed E-state index contributed by atoms with van der Waals surface area (Å²) in [6.07, 6.45) is 5.37. The molecule has 4 nitrogen and oxygen atoms in total. The molecule has 5 heteroatoms. The van der Waals surface area contributed by atoms with Crippen LogP contribution in [0.4, 0.5) is 4.79 Å². The Balaban J connectivity index is 2.44. The molecule has 92 valence electrons. The maximum atomic E-state index is 11.8. The van der Waals surface area contributed by atoms with Gasteiger partial charge in [0.05, 0.1) is 6.04 Å². The van der Waals surface area contributed by atoms with E-state index in [4.69, 9.17) is 23.8 Å². The van der Waals surface area contributed by atoms with Gasteiger partial charge in [0.15, 0.2) is 0 Å². The Bertz CT molecular complexity index is 562. The lowest BCUT2D eigenvalue weighted by Gasteiger charge is -2.27. The SMILES string of the molecule is C#CC(C)N1C(=O)N=C(N)C1c1cccc(Cl)c1. The van der Waals surface area contributed by atoms with E-state index in [9.17, 15) is 4.79 Å². The van der Waals surface area contributed by atoms with Gasteiger partial charge in [0.2, 0.25) is 0 Å². The summed E-state index contributed by atoms with van der Waals surface area (Å²) in [6, 6.07) is 5.91. The maximum absolute atomic E-state index is 11.8. The Morgan fingerprint density at radius 1 is 1.61 bits per heavy atom. The van der Waals surface area contributed by atoms with Gasteiger partial charge in [-0.25, -0.2) is 4.79 Å². The number of carbonyl (C=O) groups excluding carboxylic acids is 1. The van der Waals surface area contributed by atoms with E-state index in [1.54, 1.807) is 25.1 Å². The lowest BCUT2D eigenvalue weighted by molar-refractivity contribution is 0.199. The van der Waals surface area contributed by atoms with Crippen molar-refractivity contribution in [3.05, 3.63) is 34.9 Å². The van der Waals surface area contributed by atoms with E-state index in [-0.39, 0.29) is 11.9 Å². The molecule has 0 aromatic heterocycles. The largest absolute Gasteiger partial charge is 0.385 e. The molecule has 2 amide bonds. The second kappa shape index (κ2) is 4.71. The van der Waals surface area contributed by atoms with Crippen LogP contribution in [0.25, 0.3) is 0 Å². The van der Waals surface area contributed by atoms with Crippen LogP contribution in [-0.2, 0) is 0 Å². The van der Waals surface area contributed by atoms with Gasteiger partial charge in [0, 0.05) is 5.02 Å². The first-order valence-electron chi connectivity index (χ1n) is 5.42. The molecule has 0 spiro atoms. The summed E-state index contributed by atoms with van der Waals surface area (Å²) in [7, 11) is 0. The van der Waals surface area contributed by atoms with Gasteiger partial charge in [-0.2, -0.15) is 4.99 Å². The van der Waals surface area contributed by atoms with Gasteiger partial charge in [-0.3, -0.25) is 4.90 Å². The van der Waals surface area contributed by atoms with Gasteiger partial charge in [0.25, 0.3) is 0 Å². The number of halogens is 1. The molecule has 1 aromatic carbocycles. The van der Waals surface area contributed by atoms with Crippen molar-refractivity contribution >= 4 is 23.5 Å². The summed E-state index contributed by atoms with van der Waals surface area (Å²) >= 11 is 5.94. The molecule has 0 radical (unpaired) electrons.